The Morgan fingerprint density at radius 2 is 1.96 bits per heavy atom. The first-order chi connectivity index (χ1) is 12.6. The van der Waals surface area contributed by atoms with Crippen LogP contribution in [0.3, 0.4) is 0 Å². The highest BCUT2D eigenvalue weighted by Gasteiger charge is 2.33. The zero-order chi connectivity index (χ0) is 18.3. The molecule has 4 rings (SSSR count). The molecule has 3 aromatic rings. The van der Waals surface area contributed by atoms with Crippen molar-refractivity contribution in [2.75, 3.05) is 5.32 Å². The lowest BCUT2D eigenvalue weighted by Gasteiger charge is -2.27. The standard InChI is InChI=1S/C18H15ClN6O/c1-10-14(16(20)26)15(11-6-8-21-9-7-11)25-18(22-10)23-17(24-25)12-4-2-3-5-13(12)19/h2-9,15H,1H3,(H2,20,26)(H,22,23,24)/t15-/m0/s1. The van der Waals surface area contributed by atoms with Gasteiger partial charge in [0.15, 0.2) is 5.82 Å². The highest BCUT2D eigenvalue weighted by molar-refractivity contribution is 6.33. The molecule has 0 bridgehead atoms. The lowest BCUT2D eigenvalue weighted by atomic mass is 9.96. The molecule has 8 heteroatoms. The van der Waals surface area contributed by atoms with Crippen LogP contribution in [0.2, 0.25) is 5.02 Å². The molecule has 130 valence electrons. The molecule has 0 fully saturated rings. The molecule has 0 aliphatic carbocycles. The van der Waals surface area contributed by atoms with E-state index in [0.29, 0.717) is 33.6 Å². The Morgan fingerprint density at radius 1 is 1.23 bits per heavy atom. The second kappa shape index (κ2) is 6.27. The zero-order valence-corrected chi connectivity index (χ0v) is 14.6. The molecule has 0 saturated carbocycles. The summed E-state index contributed by atoms with van der Waals surface area (Å²) in [5.74, 6) is 0.470. The van der Waals surface area contributed by atoms with E-state index in [9.17, 15) is 4.79 Å². The Bertz CT molecular complexity index is 1030. The number of anilines is 1. The van der Waals surface area contributed by atoms with Gasteiger partial charge in [0.05, 0.1) is 10.6 Å². The van der Waals surface area contributed by atoms with Crippen molar-refractivity contribution in [2.45, 2.75) is 13.0 Å². The number of allylic oxidation sites excluding steroid dienone is 1. The van der Waals surface area contributed by atoms with Gasteiger partial charge < -0.3 is 11.1 Å². The molecule has 2 aromatic heterocycles. The highest BCUT2D eigenvalue weighted by atomic mass is 35.5. The van der Waals surface area contributed by atoms with Crippen LogP contribution < -0.4 is 11.1 Å². The molecule has 3 heterocycles. The first kappa shape index (κ1) is 16.3. The van der Waals surface area contributed by atoms with E-state index in [1.165, 1.54) is 0 Å². The molecular weight excluding hydrogens is 352 g/mol. The SMILES string of the molecule is CC1=C(C(N)=O)[C@H](c2ccncc2)n2nc(-c3ccccc3Cl)nc2N1. The zero-order valence-electron chi connectivity index (χ0n) is 13.8. The molecule has 26 heavy (non-hydrogen) atoms. The van der Waals surface area contributed by atoms with E-state index in [4.69, 9.17) is 17.3 Å². The van der Waals surface area contributed by atoms with Gasteiger partial charge >= 0.3 is 0 Å². The maximum atomic E-state index is 12.1. The van der Waals surface area contributed by atoms with Gasteiger partial charge in [-0.1, -0.05) is 23.7 Å². The predicted molar refractivity (Wildman–Crippen MR) is 98.4 cm³/mol. The second-order valence-electron chi connectivity index (χ2n) is 5.89. The number of hydrogen-bond donors (Lipinski definition) is 2. The van der Waals surface area contributed by atoms with E-state index in [2.05, 4.69) is 20.4 Å². The number of amides is 1. The van der Waals surface area contributed by atoms with E-state index in [0.717, 1.165) is 5.56 Å². The number of hydrogen-bond acceptors (Lipinski definition) is 5. The van der Waals surface area contributed by atoms with Gasteiger partial charge in [-0.05, 0) is 36.8 Å². The van der Waals surface area contributed by atoms with E-state index >= 15 is 0 Å². The van der Waals surface area contributed by atoms with Crippen LogP contribution in [0.4, 0.5) is 5.95 Å². The topological polar surface area (TPSA) is 98.7 Å². The highest BCUT2D eigenvalue weighted by Crippen LogP contribution is 2.36. The summed E-state index contributed by atoms with van der Waals surface area (Å²) < 4.78 is 1.65. The van der Waals surface area contributed by atoms with E-state index in [1.807, 2.05) is 30.3 Å². The Morgan fingerprint density at radius 3 is 2.65 bits per heavy atom. The molecule has 1 amide bonds. The predicted octanol–water partition coefficient (Wildman–Crippen LogP) is 2.77. The lowest BCUT2D eigenvalue weighted by Crippen LogP contribution is -2.31. The summed E-state index contributed by atoms with van der Waals surface area (Å²) in [6.45, 7) is 1.79. The van der Waals surface area contributed by atoms with Gasteiger partial charge in [-0.2, -0.15) is 4.98 Å². The van der Waals surface area contributed by atoms with Crippen LogP contribution in [0.5, 0.6) is 0 Å². The molecule has 1 aliphatic rings. The third kappa shape index (κ3) is 2.62. The number of nitrogens with two attached hydrogens (primary N) is 1. The molecule has 1 aliphatic heterocycles. The fourth-order valence-corrected chi connectivity index (χ4v) is 3.30. The monoisotopic (exact) mass is 366 g/mol. The second-order valence-corrected chi connectivity index (χ2v) is 6.30. The summed E-state index contributed by atoms with van der Waals surface area (Å²) in [6.07, 6.45) is 3.33. The van der Waals surface area contributed by atoms with Crippen molar-refractivity contribution in [2.24, 2.45) is 5.73 Å². The summed E-state index contributed by atoms with van der Waals surface area (Å²) in [6, 6.07) is 10.5. The maximum Gasteiger partial charge on any atom is 0.248 e. The number of benzene rings is 1. The van der Waals surface area contributed by atoms with Crippen LogP contribution >= 0.6 is 11.6 Å². The number of fused-ring (bicyclic) bond motifs is 1. The Kier molecular flexibility index (Phi) is 3.93. The molecule has 1 aromatic carbocycles. The van der Waals surface area contributed by atoms with E-state index < -0.39 is 11.9 Å². The molecule has 0 radical (unpaired) electrons. The Hall–Kier alpha value is -3.19. The van der Waals surface area contributed by atoms with Crippen LogP contribution in [0.1, 0.15) is 18.5 Å². The molecule has 3 N–H and O–H groups in total. The summed E-state index contributed by atoms with van der Waals surface area (Å²) in [4.78, 5) is 20.7. The number of carbonyl (C=O) groups excluding carboxylic acids is 1. The number of nitrogens with one attached hydrogen (secondary N) is 1. The average Bonchev–Trinajstić information content (AvgIpc) is 3.04. The Balaban J connectivity index is 1.90. The maximum absolute atomic E-state index is 12.1. The quantitative estimate of drug-likeness (QED) is 0.742. The summed E-state index contributed by atoms with van der Waals surface area (Å²) in [7, 11) is 0. The smallest absolute Gasteiger partial charge is 0.248 e. The van der Waals surface area contributed by atoms with Crippen molar-refractivity contribution in [3.8, 4) is 11.4 Å². The third-order valence-corrected chi connectivity index (χ3v) is 4.58. The number of halogens is 1. The van der Waals surface area contributed by atoms with Gasteiger partial charge in [-0.15, -0.1) is 5.10 Å². The molecule has 0 saturated heterocycles. The minimum absolute atomic E-state index is 0.430. The van der Waals surface area contributed by atoms with Crippen molar-refractivity contribution in [3.05, 3.63) is 70.6 Å². The molecule has 1 atom stereocenters. The number of nitrogens with zero attached hydrogens (tertiary/aromatic N) is 4. The van der Waals surface area contributed by atoms with Crippen molar-refractivity contribution in [1.82, 2.24) is 19.7 Å². The van der Waals surface area contributed by atoms with Gasteiger partial charge in [-0.3, -0.25) is 9.78 Å². The number of primary amides is 1. The van der Waals surface area contributed by atoms with Gasteiger partial charge in [0, 0.05) is 23.7 Å². The van der Waals surface area contributed by atoms with E-state index in [-0.39, 0.29) is 0 Å². The van der Waals surface area contributed by atoms with Crippen LogP contribution in [0.15, 0.2) is 60.1 Å². The summed E-state index contributed by atoms with van der Waals surface area (Å²) in [5, 5.41) is 8.26. The molecule has 0 spiro atoms. The first-order valence-electron chi connectivity index (χ1n) is 7.95. The number of rotatable bonds is 3. The minimum atomic E-state index is -0.516. The minimum Gasteiger partial charge on any atom is -0.366 e. The van der Waals surface area contributed by atoms with Crippen molar-refractivity contribution in [3.63, 3.8) is 0 Å². The normalized spacial score (nSPS) is 16.2. The van der Waals surface area contributed by atoms with E-state index in [1.54, 1.807) is 30.1 Å². The summed E-state index contributed by atoms with van der Waals surface area (Å²) >= 11 is 6.28. The van der Waals surface area contributed by atoms with Gasteiger partial charge in [-0.25, -0.2) is 4.68 Å². The largest absolute Gasteiger partial charge is 0.366 e. The van der Waals surface area contributed by atoms with Crippen LogP contribution in [-0.4, -0.2) is 25.7 Å². The molecule has 7 nitrogen and oxygen atoms in total. The molecular formula is C18H15ClN6O. The lowest BCUT2D eigenvalue weighted by molar-refractivity contribution is -0.115. The fourth-order valence-electron chi connectivity index (χ4n) is 3.08. The van der Waals surface area contributed by atoms with Crippen LogP contribution in [0.25, 0.3) is 11.4 Å². The summed E-state index contributed by atoms with van der Waals surface area (Å²) in [5.41, 5.74) is 8.27. The fraction of sp³-hybridized carbons (Fsp3) is 0.111. The van der Waals surface area contributed by atoms with Crippen molar-refractivity contribution < 1.29 is 4.79 Å². The van der Waals surface area contributed by atoms with Gasteiger partial charge in [0.25, 0.3) is 0 Å². The molecule has 0 unspecified atom stereocenters. The number of pyridine rings is 1. The van der Waals surface area contributed by atoms with Crippen LogP contribution in [-0.2, 0) is 4.79 Å². The van der Waals surface area contributed by atoms with Crippen molar-refractivity contribution >= 4 is 23.5 Å². The van der Waals surface area contributed by atoms with Gasteiger partial charge in [0.1, 0.15) is 6.04 Å². The van der Waals surface area contributed by atoms with Gasteiger partial charge in [0.2, 0.25) is 11.9 Å². The average molecular weight is 367 g/mol. The third-order valence-electron chi connectivity index (χ3n) is 4.25. The Labute approximate surface area is 154 Å². The first-order valence-corrected chi connectivity index (χ1v) is 8.33. The van der Waals surface area contributed by atoms with Crippen molar-refractivity contribution in [1.29, 1.82) is 0 Å². The number of aromatic nitrogens is 4. The number of carbonyl (C=O) groups is 1. The van der Waals surface area contributed by atoms with Crippen LogP contribution in [0, 0.1) is 0 Å².